The second kappa shape index (κ2) is 8.33. The number of benzene rings is 3. The fourth-order valence-corrected chi connectivity index (χ4v) is 6.48. The van der Waals surface area contributed by atoms with Crippen LogP contribution in [-0.4, -0.2) is 19.5 Å². The molecule has 0 saturated heterocycles. The molecule has 0 bridgehead atoms. The predicted octanol–water partition coefficient (Wildman–Crippen LogP) is 8.67. The lowest BCUT2D eigenvalue weighted by molar-refractivity contribution is 1.08. The molecule has 38 heavy (non-hydrogen) atoms. The Balaban J connectivity index is 1.47. The Bertz CT molecular complexity index is 2130. The van der Waals surface area contributed by atoms with Gasteiger partial charge < -0.3 is 0 Å². The first-order valence-corrected chi connectivity index (χ1v) is 13.3. The van der Waals surface area contributed by atoms with Crippen molar-refractivity contribution in [2.45, 2.75) is 0 Å². The lowest BCUT2D eigenvalue weighted by Gasteiger charge is -2.10. The monoisotopic (exact) mass is 504 g/mol. The van der Waals surface area contributed by atoms with Crippen LogP contribution in [0.2, 0.25) is 0 Å². The number of fused-ring (bicyclic) bond motifs is 6. The molecule has 8 rings (SSSR count). The van der Waals surface area contributed by atoms with Crippen LogP contribution in [0.4, 0.5) is 0 Å². The van der Waals surface area contributed by atoms with Crippen molar-refractivity contribution < 1.29 is 0 Å². The zero-order chi connectivity index (χ0) is 25.1. The van der Waals surface area contributed by atoms with E-state index in [1.807, 2.05) is 41.8 Å². The molecule has 0 unspecified atom stereocenters. The second-order valence-corrected chi connectivity index (χ2v) is 10.5. The van der Waals surface area contributed by atoms with Gasteiger partial charge in [0.1, 0.15) is 5.82 Å². The van der Waals surface area contributed by atoms with Crippen LogP contribution in [0.1, 0.15) is 0 Å². The van der Waals surface area contributed by atoms with Gasteiger partial charge in [-0.25, -0.2) is 4.98 Å². The summed E-state index contributed by atoms with van der Waals surface area (Å²) in [6.07, 6.45) is 5.59. The average Bonchev–Trinajstić information content (AvgIpc) is 3.51. The molecular weight excluding hydrogens is 484 g/mol. The maximum absolute atomic E-state index is 5.12. The SMILES string of the molecule is c1ccc(-c2cnc3c4cc5c(cc4n(-c4cccc(-c6ccncc6)n4)c3c2)sc2ccccc25)cc1. The minimum atomic E-state index is 0.867. The Morgan fingerprint density at radius 1 is 0.579 bits per heavy atom. The van der Waals surface area contributed by atoms with E-state index in [1.165, 1.54) is 20.2 Å². The summed E-state index contributed by atoms with van der Waals surface area (Å²) in [4.78, 5) is 14.3. The molecule has 0 radical (unpaired) electrons. The van der Waals surface area contributed by atoms with Gasteiger partial charge in [-0.3, -0.25) is 14.5 Å². The highest BCUT2D eigenvalue weighted by molar-refractivity contribution is 7.25. The standard InChI is InChI=1S/C33H20N4S/c1-2-7-21(8-3-1)23-17-29-33(35-20-23)26-18-25-24-9-4-5-11-30(24)38-31(25)19-28(26)37(29)32-12-6-10-27(36-32)22-13-15-34-16-14-22/h1-20H. The summed E-state index contributed by atoms with van der Waals surface area (Å²) >= 11 is 1.83. The zero-order valence-corrected chi connectivity index (χ0v) is 21.1. The third kappa shape index (κ3) is 3.26. The molecular formula is C33H20N4S. The number of hydrogen-bond acceptors (Lipinski definition) is 4. The summed E-state index contributed by atoms with van der Waals surface area (Å²) in [6, 6.07) is 36.1. The highest BCUT2D eigenvalue weighted by Gasteiger charge is 2.18. The average molecular weight is 505 g/mol. The van der Waals surface area contributed by atoms with Gasteiger partial charge in [-0.1, -0.05) is 54.6 Å². The van der Waals surface area contributed by atoms with Crippen molar-refractivity contribution in [1.82, 2.24) is 19.5 Å². The third-order valence-corrected chi connectivity index (χ3v) is 8.28. The number of hydrogen-bond donors (Lipinski definition) is 0. The highest BCUT2D eigenvalue weighted by atomic mass is 32.1. The largest absolute Gasteiger partial charge is 0.292 e. The van der Waals surface area contributed by atoms with E-state index in [1.54, 1.807) is 12.4 Å². The van der Waals surface area contributed by atoms with Gasteiger partial charge in [0.25, 0.3) is 0 Å². The van der Waals surface area contributed by atoms with Gasteiger partial charge in [0, 0.05) is 55.3 Å². The first-order chi connectivity index (χ1) is 18.8. The van der Waals surface area contributed by atoms with Crippen LogP contribution in [-0.2, 0) is 0 Å². The number of aromatic nitrogens is 4. The molecule has 0 N–H and O–H groups in total. The zero-order valence-electron chi connectivity index (χ0n) is 20.2. The quantitative estimate of drug-likeness (QED) is 0.242. The van der Waals surface area contributed by atoms with Crippen LogP contribution >= 0.6 is 11.3 Å². The summed E-state index contributed by atoms with van der Waals surface area (Å²) in [7, 11) is 0. The molecule has 0 aliphatic heterocycles. The fraction of sp³-hybridized carbons (Fsp3) is 0. The molecule has 5 aromatic heterocycles. The molecule has 5 heterocycles. The van der Waals surface area contributed by atoms with Crippen molar-refractivity contribution >= 4 is 53.4 Å². The number of thiophene rings is 1. The minimum Gasteiger partial charge on any atom is -0.292 e. The van der Waals surface area contributed by atoms with Crippen molar-refractivity contribution in [2.75, 3.05) is 0 Å². The molecule has 4 nitrogen and oxygen atoms in total. The second-order valence-electron chi connectivity index (χ2n) is 9.37. The maximum atomic E-state index is 5.12. The minimum absolute atomic E-state index is 0.867. The summed E-state index contributed by atoms with van der Waals surface area (Å²) in [5, 5.41) is 3.69. The van der Waals surface area contributed by atoms with Crippen LogP contribution in [0.25, 0.3) is 70.3 Å². The van der Waals surface area contributed by atoms with E-state index in [0.29, 0.717) is 0 Å². The number of nitrogens with zero attached hydrogens (tertiary/aromatic N) is 4. The van der Waals surface area contributed by atoms with E-state index in [-0.39, 0.29) is 0 Å². The Hall–Kier alpha value is -4.87. The normalized spacial score (nSPS) is 11.7. The van der Waals surface area contributed by atoms with Crippen LogP contribution in [0.5, 0.6) is 0 Å². The first-order valence-electron chi connectivity index (χ1n) is 12.5. The van der Waals surface area contributed by atoms with Gasteiger partial charge in [0.05, 0.1) is 22.2 Å². The number of pyridine rings is 3. The van der Waals surface area contributed by atoms with E-state index in [0.717, 1.165) is 50.1 Å². The van der Waals surface area contributed by atoms with Crippen molar-refractivity contribution in [2.24, 2.45) is 0 Å². The molecule has 8 aromatic rings. The Kier molecular flexibility index (Phi) is 4.66. The molecule has 0 aliphatic carbocycles. The first kappa shape index (κ1) is 21.2. The van der Waals surface area contributed by atoms with Crippen LogP contribution in [0.3, 0.4) is 0 Å². The third-order valence-electron chi connectivity index (χ3n) is 7.15. The van der Waals surface area contributed by atoms with E-state index < -0.39 is 0 Å². The lowest BCUT2D eigenvalue weighted by Crippen LogP contribution is -1.99. The van der Waals surface area contributed by atoms with Crippen LogP contribution in [0.15, 0.2) is 122 Å². The lowest BCUT2D eigenvalue weighted by atomic mass is 10.1. The van der Waals surface area contributed by atoms with Gasteiger partial charge in [0.2, 0.25) is 0 Å². The van der Waals surface area contributed by atoms with E-state index in [4.69, 9.17) is 9.97 Å². The molecule has 178 valence electrons. The summed E-state index contributed by atoms with van der Waals surface area (Å²) in [5.41, 5.74) is 7.31. The molecule has 0 fully saturated rings. The van der Waals surface area contributed by atoms with Crippen LogP contribution < -0.4 is 0 Å². The molecule has 3 aromatic carbocycles. The Morgan fingerprint density at radius 2 is 1.42 bits per heavy atom. The van der Waals surface area contributed by atoms with Gasteiger partial charge in [-0.05, 0) is 54.1 Å². The van der Waals surface area contributed by atoms with Crippen molar-refractivity contribution in [1.29, 1.82) is 0 Å². The summed E-state index contributed by atoms with van der Waals surface area (Å²) in [6.45, 7) is 0. The molecule has 0 atom stereocenters. The Morgan fingerprint density at radius 3 is 2.32 bits per heavy atom. The fourth-order valence-electron chi connectivity index (χ4n) is 5.36. The molecule has 0 saturated carbocycles. The van der Waals surface area contributed by atoms with Crippen molar-refractivity contribution in [3.05, 3.63) is 122 Å². The molecule has 0 spiro atoms. The summed E-state index contributed by atoms with van der Waals surface area (Å²) in [5.74, 6) is 0.867. The predicted molar refractivity (Wildman–Crippen MR) is 158 cm³/mol. The number of rotatable bonds is 3. The smallest absolute Gasteiger partial charge is 0.138 e. The molecule has 0 aliphatic rings. The van der Waals surface area contributed by atoms with E-state index >= 15 is 0 Å². The molecule has 0 amide bonds. The van der Waals surface area contributed by atoms with Gasteiger partial charge >= 0.3 is 0 Å². The highest BCUT2D eigenvalue weighted by Crippen LogP contribution is 2.40. The van der Waals surface area contributed by atoms with E-state index in [2.05, 4.69) is 88.4 Å². The summed E-state index contributed by atoms with van der Waals surface area (Å²) < 4.78 is 4.82. The topological polar surface area (TPSA) is 43.6 Å². The van der Waals surface area contributed by atoms with Crippen molar-refractivity contribution in [3.8, 4) is 28.2 Å². The maximum Gasteiger partial charge on any atom is 0.138 e. The van der Waals surface area contributed by atoms with Gasteiger partial charge in [-0.2, -0.15) is 0 Å². The van der Waals surface area contributed by atoms with Crippen molar-refractivity contribution in [3.63, 3.8) is 0 Å². The van der Waals surface area contributed by atoms with Crippen LogP contribution in [0, 0.1) is 0 Å². The van der Waals surface area contributed by atoms with E-state index in [9.17, 15) is 0 Å². The van der Waals surface area contributed by atoms with Gasteiger partial charge in [-0.15, -0.1) is 11.3 Å². The van der Waals surface area contributed by atoms with Gasteiger partial charge in [0.15, 0.2) is 0 Å². The molecule has 5 heteroatoms. The Labute approximate surface area is 222 Å².